The van der Waals surface area contributed by atoms with Gasteiger partial charge in [0.05, 0.1) is 4.90 Å². The molecule has 0 aliphatic heterocycles. The van der Waals surface area contributed by atoms with Gasteiger partial charge in [-0.05, 0) is 35.9 Å². The van der Waals surface area contributed by atoms with Gasteiger partial charge in [0.25, 0.3) is 10.0 Å². The lowest BCUT2D eigenvalue weighted by Crippen LogP contribution is -2.13. The van der Waals surface area contributed by atoms with Crippen LogP contribution < -0.4 is 4.72 Å². The van der Waals surface area contributed by atoms with Crippen molar-refractivity contribution in [1.29, 1.82) is 0 Å². The number of rotatable bonds is 3. The molecular weight excluding hydrogens is 300 g/mol. The summed E-state index contributed by atoms with van der Waals surface area (Å²) < 4.78 is 30.0. The molecule has 0 saturated heterocycles. The van der Waals surface area contributed by atoms with Crippen molar-refractivity contribution < 1.29 is 13.5 Å². The molecule has 0 saturated carbocycles. The van der Waals surface area contributed by atoms with E-state index in [1.165, 1.54) is 12.1 Å². The Labute approximate surface area is 119 Å². The average molecular weight is 310 g/mol. The van der Waals surface area contributed by atoms with Crippen molar-refractivity contribution in [2.24, 2.45) is 0 Å². The molecule has 1 aromatic carbocycles. The van der Waals surface area contributed by atoms with Crippen LogP contribution in [0.1, 0.15) is 11.1 Å². The van der Waals surface area contributed by atoms with Gasteiger partial charge in [0.15, 0.2) is 0 Å². The molecule has 0 aliphatic carbocycles. The fourth-order valence-electron chi connectivity index (χ4n) is 1.43. The van der Waals surface area contributed by atoms with Crippen molar-refractivity contribution in [2.75, 3.05) is 11.3 Å². The minimum atomic E-state index is -3.72. The molecule has 1 heterocycles. The Morgan fingerprint density at radius 1 is 1.45 bits per heavy atom. The van der Waals surface area contributed by atoms with Crippen LogP contribution in [0, 0.1) is 18.8 Å². The third-order valence-electron chi connectivity index (χ3n) is 2.33. The van der Waals surface area contributed by atoms with Gasteiger partial charge in [-0.1, -0.05) is 21.4 Å². The summed E-state index contributed by atoms with van der Waals surface area (Å²) in [4.78, 5) is 0.0970. The minimum absolute atomic E-state index is 0.0970. The molecule has 104 valence electrons. The largest absolute Gasteiger partial charge is 0.384 e. The highest BCUT2D eigenvalue weighted by molar-refractivity contribution is 7.93. The lowest BCUT2D eigenvalue weighted by molar-refractivity contribution is 0.350. The van der Waals surface area contributed by atoms with Crippen LogP contribution in [-0.4, -0.2) is 34.9 Å². The topological polar surface area (TPSA) is 105 Å². The molecule has 0 fully saturated rings. The summed E-state index contributed by atoms with van der Waals surface area (Å²) in [6.07, 6.45) is 0. The zero-order valence-electron chi connectivity index (χ0n) is 10.4. The zero-order valence-corrected chi connectivity index (χ0v) is 12.0. The molecule has 0 atom stereocenters. The molecule has 0 aliphatic rings. The molecule has 0 radical (unpaired) electrons. The number of hydrogen-bond donors (Lipinski definition) is 2. The normalized spacial score (nSPS) is 10.7. The summed E-state index contributed by atoms with van der Waals surface area (Å²) in [5.41, 5.74) is 1.36. The number of hydrogen-bond acceptors (Lipinski definition) is 7. The van der Waals surface area contributed by atoms with E-state index in [2.05, 4.69) is 31.4 Å². The molecule has 2 N–H and O–H groups in total. The predicted octanol–water partition coefficient (Wildman–Crippen LogP) is 0.386. The van der Waals surface area contributed by atoms with Crippen LogP contribution in [0.15, 0.2) is 23.1 Å². The Hall–Kier alpha value is -2.02. The number of aliphatic hydroxyl groups is 1. The number of aromatic nitrogens is 3. The first-order valence-electron chi connectivity index (χ1n) is 5.41. The van der Waals surface area contributed by atoms with Gasteiger partial charge in [-0.3, -0.25) is 4.72 Å². The SMILES string of the molecule is Cc1cc(S(=O)(=O)Nc2nnns2)ccc1C#CCO. The summed E-state index contributed by atoms with van der Waals surface area (Å²) in [5.74, 6) is 5.26. The number of anilines is 1. The van der Waals surface area contributed by atoms with Crippen molar-refractivity contribution in [1.82, 2.24) is 14.8 Å². The highest BCUT2D eigenvalue weighted by atomic mass is 32.2. The van der Waals surface area contributed by atoms with E-state index in [4.69, 9.17) is 5.11 Å². The average Bonchev–Trinajstić information content (AvgIpc) is 2.89. The van der Waals surface area contributed by atoms with Crippen LogP contribution in [0.3, 0.4) is 0 Å². The number of benzene rings is 1. The Bertz CT molecular complexity index is 761. The maximum Gasteiger partial charge on any atom is 0.263 e. The Balaban J connectivity index is 2.31. The summed E-state index contributed by atoms with van der Waals surface area (Å²) in [6.45, 7) is 1.50. The fourth-order valence-corrected chi connectivity index (χ4v) is 3.09. The predicted molar refractivity (Wildman–Crippen MR) is 73.7 cm³/mol. The van der Waals surface area contributed by atoms with Gasteiger partial charge in [0.2, 0.25) is 5.13 Å². The third-order valence-corrected chi connectivity index (χ3v) is 4.31. The van der Waals surface area contributed by atoms with E-state index in [0.717, 1.165) is 11.5 Å². The van der Waals surface area contributed by atoms with Gasteiger partial charge in [0, 0.05) is 17.1 Å². The summed E-state index contributed by atoms with van der Waals surface area (Å²) in [6, 6.07) is 4.52. The smallest absolute Gasteiger partial charge is 0.263 e. The molecule has 0 spiro atoms. The van der Waals surface area contributed by atoms with Crippen molar-refractivity contribution in [2.45, 2.75) is 11.8 Å². The number of nitrogens with zero attached hydrogens (tertiary/aromatic N) is 3. The van der Waals surface area contributed by atoms with Crippen molar-refractivity contribution in [3.8, 4) is 11.8 Å². The van der Waals surface area contributed by atoms with E-state index in [1.807, 2.05) is 0 Å². The Morgan fingerprint density at radius 2 is 2.25 bits per heavy atom. The van der Waals surface area contributed by atoms with Crippen molar-refractivity contribution in [3.05, 3.63) is 29.3 Å². The summed E-state index contributed by atoms with van der Waals surface area (Å²) >= 11 is 0.850. The minimum Gasteiger partial charge on any atom is -0.384 e. The monoisotopic (exact) mass is 310 g/mol. The molecule has 0 unspecified atom stereocenters. The van der Waals surface area contributed by atoms with Crippen LogP contribution in [0.2, 0.25) is 0 Å². The van der Waals surface area contributed by atoms with Gasteiger partial charge < -0.3 is 5.11 Å². The molecule has 7 nitrogen and oxygen atoms in total. The number of aliphatic hydroxyl groups excluding tert-OH is 1. The number of nitrogens with one attached hydrogen (secondary N) is 1. The number of sulfonamides is 1. The Kier molecular flexibility index (Phi) is 4.29. The van der Waals surface area contributed by atoms with E-state index >= 15 is 0 Å². The van der Waals surface area contributed by atoms with Gasteiger partial charge in [-0.15, -0.1) is 0 Å². The quantitative estimate of drug-likeness (QED) is 0.794. The standard InChI is InChI=1S/C11H10N4O3S2/c1-8-7-10(5-4-9(8)3-2-6-16)20(17,18)13-11-12-14-15-19-11/h4-5,7,16H,6H2,1H3,(H,12,13,15). The second-order valence-electron chi connectivity index (χ2n) is 3.71. The van der Waals surface area contributed by atoms with Gasteiger partial charge >= 0.3 is 0 Å². The van der Waals surface area contributed by atoms with Crippen LogP contribution in [0.25, 0.3) is 0 Å². The lowest BCUT2D eigenvalue weighted by Gasteiger charge is -2.06. The molecule has 0 bridgehead atoms. The highest BCUT2D eigenvalue weighted by Gasteiger charge is 2.16. The molecule has 1 aromatic heterocycles. The van der Waals surface area contributed by atoms with E-state index in [1.54, 1.807) is 13.0 Å². The Morgan fingerprint density at radius 3 is 2.85 bits per heavy atom. The van der Waals surface area contributed by atoms with Gasteiger partial charge in [-0.25, -0.2) is 8.42 Å². The maximum atomic E-state index is 12.1. The first-order chi connectivity index (χ1) is 9.53. The third kappa shape index (κ3) is 3.30. The van der Waals surface area contributed by atoms with Gasteiger partial charge in [-0.2, -0.15) is 0 Å². The van der Waals surface area contributed by atoms with Crippen molar-refractivity contribution in [3.63, 3.8) is 0 Å². The molecule has 20 heavy (non-hydrogen) atoms. The van der Waals surface area contributed by atoms with Crippen LogP contribution in [0.5, 0.6) is 0 Å². The summed E-state index contributed by atoms with van der Waals surface area (Å²) in [5, 5.41) is 15.6. The van der Waals surface area contributed by atoms with Crippen LogP contribution >= 0.6 is 11.5 Å². The number of aryl methyl sites for hydroxylation is 1. The molecule has 2 rings (SSSR count). The van der Waals surface area contributed by atoms with Crippen molar-refractivity contribution >= 4 is 26.7 Å². The first-order valence-corrected chi connectivity index (χ1v) is 7.67. The van der Waals surface area contributed by atoms with E-state index in [9.17, 15) is 8.42 Å². The van der Waals surface area contributed by atoms with E-state index < -0.39 is 10.0 Å². The zero-order chi connectivity index (χ0) is 14.6. The van der Waals surface area contributed by atoms with Gasteiger partial charge in [0.1, 0.15) is 6.61 Å². The first kappa shape index (κ1) is 14.4. The molecule has 0 amide bonds. The maximum absolute atomic E-state index is 12.1. The van der Waals surface area contributed by atoms with E-state index in [-0.39, 0.29) is 16.6 Å². The second kappa shape index (κ2) is 5.96. The highest BCUT2D eigenvalue weighted by Crippen LogP contribution is 2.18. The van der Waals surface area contributed by atoms with E-state index in [0.29, 0.717) is 11.1 Å². The molecular formula is C11H10N4O3S2. The lowest BCUT2D eigenvalue weighted by atomic mass is 10.1. The fraction of sp³-hybridized carbons (Fsp3) is 0.182. The summed E-state index contributed by atoms with van der Waals surface area (Å²) in [7, 11) is -3.72. The van der Waals surface area contributed by atoms with Crippen LogP contribution in [0.4, 0.5) is 5.13 Å². The van der Waals surface area contributed by atoms with Crippen LogP contribution in [-0.2, 0) is 10.0 Å². The molecule has 2 aromatic rings. The second-order valence-corrected chi connectivity index (χ2v) is 6.12. The molecule has 9 heteroatoms.